The van der Waals surface area contributed by atoms with E-state index in [1.807, 2.05) is 0 Å². The van der Waals surface area contributed by atoms with Crippen molar-refractivity contribution in [1.29, 1.82) is 5.26 Å². The molecule has 0 atom stereocenters. The van der Waals surface area contributed by atoms with E-state index in [-0.39, 0.29) is 5.56 Å². The Morgan fingerprint density at radius 1 is 1.38 bits per heavy atom. The van der Waals surface area contributed by atoms with Crippen LogP contribution in [-0.4, -0.2) is 24.0 Å². The van der Waals surface area contributed by atoms with Gasteiger partial charge in [0, 0.05) is 5.02 Å². The van der Waals surface area contributed by atoms with E-state index in [0.29, 0.717) is 17.9 Å². The molecule has 0 unspecified atom stereocenters. The first-order valence-corrected chi connectivity index (χ1v) is 7.07. The molecule has 110 valence electrons. The van der Waals surface area contributed by atoms with Gasteiger partial charge in [-0.2, -0.15) is 5.26 Å². The second-order valence-corrected chi connectivity index (χ2v) is 5.47. The lowest BCUT2D eigenvalue weighted by Gasteiger charge is -2.21. The number of esters is 1. The summed E-state index contributed by atoms with van der Waals surface area (Å²) in [4.78, 5) is 23.6. The molecule has 1 N–H and O–H groups in total. The molecule has 1 aromatic carbocycles. The van der Waals surface area contributed by atoms with Crippen LogP contribution in [0.1, 0.15) is 36.0 Å². The lowest BCUT2D eigenvalue weighted by molar-refractivity contribution is -0.125. The minimum atomic E-state index is -0.806. The highest BCUT2D eigenvalue weighted by Crippen LogP contribution is 2.28. The third-order valence-corrected chi connectivity index (χ3v) is 3.68. The van der Waals surface area contributed by atoms with E-state index in [4.69, 9.17) is 21.6 Å². The van der Waals surface area contributed by atoms with Crippen molar-refractivity contribution < 1.29 is 14.3 Å². The lowest BCUT2D eigenvalue weighted by atomic mass is 10.00. The van der Waals surface area contributed by atoms with Gasteiger partial charge in [0.25, 0.3) is 5.91 Å². The summed E-state index contributed by atoms with van der Waals surface area (Å²) in [5.74, 6) is -1.08. The number of amides is 1. The first-order chi connectivity index (χ1) is 10.0. The van der Waals surface area contributed by atoms with Crippen LogP contribution in [0, 0.1) is 11.3 Å². The second-order valence-electron chi connectivity index (χ2n) is 5.04. The van der Waals surface area contributed by atoms with Gasteiger partial charge < -0.3 is 10.1 Å². The number of rotatable bonds is 4. The number of halogens is 1. The number of ether oxygens (including phenoxy) is 1. The quantitative estimate of drug-likeness (QED) is 0.867. The Morgan fingerprint density at radius 3 is 2.71 bits per heavy atom. The standard InChI is InChI=1S/C15H15ClN2O3/c16-12-5-3-4-11(8-12)14(20)21-9-13(19)18-15(10-17)6-1-2-7-15/h3-5,8H,1-2,6-7,9H2,(H,18,19). The van der Waals surface area contributed by atoms with Crippen LogP contribution in [0.3, 0.4) is 0 Å². The van der Waals surface area contributed by atoms with Crippen molar-refractivity contribution in [2.75, 3.05) is 6.61 Å². The molecule has 2 rings (SSSR count). The summed E-state index contributed by atoms with van der Waals surface area (Å²) in [6, 6.07) is 8.44. The van der Waals surface area contributed by atoms with Gasteiger partial charge in [-0.05, 0) is 43.9 Å². The van der Waals surface area contributed by atoms with E-state index >= 15 is 0 Å². The fraction of sp³-hybridized carbons (Fsp3) is 0.400. The smallest absolute Gasteiger partial charge is 0.338 e. The average Bonchev–Trinajstić information content (AvgIpc) is 2.94. The normalized spacial score (nSPS) is 16.0. The molecule has 0 aliphatic heterocycles. The van der Waals surface area contributed by atoms with E-state index in [0.717, 1.165) is 12.8 Å². The average molecular weight is 307 g/mol. The Bertz CT molecular complexity index is 589. The highest BCUT2D eigenvalue weighted by Gasteiger charge is 2.35. The largest absolute Gasteiger partial charge is 0.452 e. The molecule has 5 nitrogen and oxygen atoms in total. The molecule has 0 bridgehead atoms. The molecule has 0 radical (unpaired) electrons. The SMILES string of the molecule is N#CC1(NC(=O)COC(=O)c2cccc(Cl)c2)CCCC1. The first kappa shape index (κ1) is 15.3. The highest BCUT2D eigenvalue weighted by molar-refractivity contribution is 6.30. The molecule has 0 spiro atoms. The van der Waals surface area contributed by atoms with Crippen molar-refractivity contribution in [2.45, 2.75) is 31.2 Å². The van der Waals surface area contributed by atoms with Crippen LogP contribution in [0.25, 0.3) is 0 Å². The van der Waals surface area contributed by atoms with Gasteiger partial charge in [0.15, 0.2) is 6.61 Å². The summed E-state index contributed by atoms with van der Waals surface area (Å²) >= 11 is 5.78. The summed E-state index contributed by atoms with van der Waals surface area (Å²) in [6.07, 6.45) is 3.10. The number of benzene rings is 1. The van der Waals surface area contributed by atoms with Gasteiger partial charge >= 0.3 is 5.97 Å². The molecular weight excluding hydrogens is 292 g/mol. The van der Waals surface area contributed by atoms with Crippen LogP contribution >= 0.6 is 11.6 Å². The molecule has 0 heterocycles. The predicted octanol–water partition coefficient (Wildman–Crippen LogP) is 2.45. The van der Waals surface area contributed by atoms with E-state index < -0.39 is 24.0 Å². The van der Waals surface area contributed by atoms with Crippen LogP contribution < -0.4 is 5.32 Å². The number of carbonyl (C=O) groups excluding carboxylic acids is 2. The van der Waals surface area contributed by atoms with Gasteiger partial charge in [-0.1, -0.05) is 17.7 Å². The van der Waals surface area contributed by atoms with Crippen LogP contribution in [-0.2, 0) is 9.53 Å². The third kappa shape index (κ3) is 3.96. The Hall–Kier alpha value is -2.06. The van der Waals surface area contributed by atoms with Crippen LogP contribution in [0.15, 0.2) is 24.3 Å². The van der Waals surface area contributed by atoms with Crippen molar-refractivity contribution >= 4 is 23.5 Å². The molecule has 0 saturated heterocycles. The van der Waals surface area contributed by atoms with Crippen molar-refractivity contribution in [3.05, 3.63) is 34.9 Å². The zero-order valence-electron chi connectivity index (χ0n) is 11.4. The van der Waals surface area contributed by atoms with E-state index in [2.05, 4.69) is 11.4 Å². The first-order valence-electron chi connectivity index (χ1n) is 6.70. The fourth-order valence-corrected chi connectivity index (χ4v) is 2.57. The zero-order valence-corrected chi connectivity index (χ0v) is 12.2. The highest BCUT2D eigenvalue weighted by atomic mass is 35.5. The Balaban J connectivity index is 1.87. The Morgan fingerprint density at radius 2 is 2.10 bits per heavy atom. The van der Waals surface area contributed by atoms with Crippen molar-refractivity contribution in [2.24, 2.45) is 0 Å². The Kier molecular flexibility index (Phi) is 4.81. The van der Waals surface area contributed by atoms with E-state index in [1.54, 1.807) is 18.2 Å². The monoisotopic (exact) mass is 306 g/mol. The van der Waals surface area contributed by atoms with Gasteiger partial charge in [0.1, 0.15) is 5.54 Å². The van der Waals surface area contributed by atoms with Crippen LogP contribution in [0.5, 0.6) is 0 Å². The van der Waals surface area contributed by atoms with Crippen molar-refractivity contribution in [3.8, 4) is 6.07 Å². The van der Waals surface area contributed by atoms with Crippen molar-refractivity contribution in [1.82, 2.24) is 5.32 Å². The molecule has 0 aromatic heterocycles. The predicted molar refractivity (Wildman–Crippen MR) is 76.7 cm³/mol. The molecule has 6 heteroatoms. The van der Waals surface area contributed by atoms with Crippen molar-refractivity contribution in [3.63, 3.8) is 0 Å². The van der Waals surface area contributed by atoms with Crippen LogP contribution in [0.4, 0.5) is 0 Å². The maximum atomic E-state index is 11.8. The molecular formula is C15H15ClN2O3. The minimum absolute atomic E-state index is 0.283. The summed E-state index contributed by atoms with van der Waals surface area (Å²) in [5, 5.41) is 12.2. The van der Waals surface area contributed by atoms with Gasteiger partial charge in [0.2, 0.25) is 0 Å². The van der Waals surface area contributed by atoms with Gasteiger partial charge in [-0.3, -0.25) is 4.79 Å². The Labute approximate surface area is 127 Å². The summed E-state index contributed by atoms with van der Waals surface area (Å²) in [5.41, 5.74) is -0.523. The number of hydrogen-bond donors (Lipinski definition) is 1. The van der Waals surface area contributed by atoms with E-state index in [1.165, 1.54) is 6.07 Å². The summed E-state index contributed by atoms with van der Waals surface area (Å²) < 4.78 is 4.93. The molecule has 1 saturated carbocycles. The molecule has 1 fully saturated rings. The summed E-state index contributed by atoms with van der Waals surface area (Å²) in [6.45, 7) is -0.408. The number of hydrogen-bond acceptors (Lipinski definition) is 4. The minimum Gasteiger partial charge on any atom is -0.452 e. The molecule has 21 heavy (non-hydrogen) atoms. The third-order valence-electron chi connectivity index (χ3n) is 3.44. The topological polar surface area (TPSA) is 79.2 Å². The maximum absolute atomic E-state index is 11.8. The lowest BCUT2D eigenvalue weighted by Crippen LogP contribution is -2.46. The molecule has 1 aromatic rings. The van der Waals surface area contributed by atoms with Gasteiger partial charge in [-0.25, -0.2) is 4.79 Å². The number of nitrogens with zero attached hydrogens (tertiary/aromatic N) is 1. The number of carbonyl (C=O) groups is 2. The van der Waals surface area contributed by atoms with Crippen LogP contribution in [0.2, 0.25) is 5.02 Å². The second kappa shape index (κ2) is 6.59. The fourth-order valence-electron chi connectivity index (χ4n) is 2.38. The molecule has 1 amide bonds. The number of nitrogens with one attached hydrogen (secondary N) is 1. The van der Waals surface area contributed by atoms with Gasteiger partial charge in [0.05, 0.1) is 11.6 Å². The molecule has 1 aliphatic carbocycles. The summed E-state index contributed by atoms with van der Waals surface area (Å²) in [7, 11) is 0. The van der Waals surface area contributed by atoms with E-state index in [9.17, 15) is 9.59 Å². The number of nitriles is 1. The molecule has 1 aliphatic rings. The maximum Gasteiger partial charge on any atom is 0.338 e. The zero-order chi connectivity index (χ0) is 15.3. The van der Waals surface area contributed by atoms with Gasteiger partial charge in [-0.15, -0.1) is 0 Å².